The number of nitrogens with zero attached hydrogens (tertiary/aromatic N) is 3. The summed E-state index contributed by atoms with van der Waals surface area (Å²) < 4.78 is 12.4. The molecule has 9 nitrogen and oxygen atoms in total. The Kier molecular flexibility index (Phi) is 6.98. The first-order chi connectivity index (χ1) is 16.9. The number of piperazine rings is 1. The number of ether oxygens (including phenoxy) is 2. The molecule has 3 heterocycles. The van der Waals surface area contributed by atoms with Crippen LogP contribution in [0.2, 0.25) is 0 Å². The van der Waals surface area contributed by atoms with E-state index in [4.69, 9.17) is 9.47 Å². The number of carbonyl (C=O) groups excluding carboxylic acids is 3. The molecule has 3 atom stereocenters. The van der Waals surface area contributed by atoms with Crippen LogP contribution in [0.4, 0.5) is 5.69 Å². The molecule has 3 aliphatic heterocycles. The van der Waals surface area contributed by atoms with Crippen molar-refractivity contribution in [3.8, 4) is 5.75 Å². The van der Waals surface area contributed by atoms with Crippen LogP contribution in [0.15, 0.2) is 18.2 Å². The van der Waals surface area contributed by atoms with Crippen molar-refractivity contribution in [2.45, 2.75) is 56.8 Å². The summed E-state index contributed by atoms with van der Waals surface area (Å²) in [6.45, 7) is 3.62. The Morgan fingerprint density at radius 3 is 2.54 bits per heavy atom. The van der Waals surface area contributed by atoms with Gasteiger partial charge >= 0.3 is 0 Å². The van der Waals surface area contributed by atoms with E-state index < -0.39 is 0 Å². The third-order valence-electron chi connectivity index (χ3n) is 8.01. The van der Waals surface area contributed by atoms with Gasteiger partial charge in [0.15, 0.2) is 0 Å². The Bertz CT molecular complexity index is 972. The van der Waals surface area contributed by atoms with Gasteiger partial charge in [-0.2, -0.15) is 0 Å². The highest BCUT2D eigenvalue weighted by Crippen LogP contribution is 2.33. The zero-order valence-corrected chi connectivity index (χ0v) is 20.7. The van der Waals surface area contributed by atoms with E-state index >= 15 is 0 Å². The van der Waals surface area contributed by atoms with Crippen molar-refractivity contribution in [2.75, 3.05) is 52.2 Å². The standard InChI is InChI=1S/C26H36N4O5/c1-28-10-12-30(13-11-28)24(31)15-19-7-8-21-23(35-19)16-34-22-9-6-18(14-20(22)26(33)29(21)2)27-25(32)17-4-3-5-17/h6,9,14,17,19,21,23H,3-5,7-8,10-13,15-16H2,1-2H3,(H,27,32)/t19-,21-,23+/m0/s1. The number of hydrogen-bond donors (Lipinski definition) is 1. The largest absolute Gasteiger partial charge is 0.490 e. The van der Waals surface area contributed by atoms with Gasteiger partial charge in [0.05, 0.1) is 24.1 Å². The second-order valence-electron chi connectivity index (χ2n) is 10.4. The predicted octanol–water partition coefficient (Wildman–Crippen LogP) is 1.97. The van der Waals surface area contributed by atoms with Crippen LogP contribution >= 0.6 is 0 Å². The van der Waals surface area contributed by atoms with E-state index in [0.717, 1.165) is 58.3 Å². The van der Waals surface area contributed by atoms with Gasteiger partial charge < -0.3 is 29.5 Å². The van der Waals surface area contributed by atoms with Crippen molar-refractivity contribution in [3.05, 3.63) is 23.8 Å². The third kappa shape index (κ3) is 5.16. The molecule has 3 fully saturated rings. The third-order valence-corrected chi connectivity index (χ3v) is 8.01. The van der Waals surface area contributed by atoms with E-state index in [1.165, 1.54) is 0 Å². The highest BCUT2D eigenvalue weighted by atomic mass is 16.5. The van der Waals surface area contributed by atoms with E-state index in [2.05, 4.69) is 17.3 Å². The number of amides is 3. The Hall–Kier alpha value is -2.65. The maximum atomic E-state index is 13.4. The molecule has 9 heteroatoms. The number of hydrogen-bond acceptors (Lipinski definition) is 6. The summed E-state index contributed by atoms with van der Waals surface area (Å²) in [5.74, 6) is 0.565. The second kappa shape index (κ2) is 10.1. The SMILES string of the molecule is CN1CCN(C(=O)C[C@@H]2CC[C@H]3[C@@H](COc4ccc(NC(=O)C5CCC5)cc4C(=O)N3C)O2)CC1. The Morgan fingerprint density at radius 2 is 1.83 bits per heavy atom. The van der Waals surface area contributed by atoms with Crippen molar-refractivity contribution >= 4 is 23.4 Å². The van der Waals surface area contributed by atoms with E-state index in [1.807, 2.05) is 4.90 Å². The van der Waals surface area contributed by atoms with Crippen molar-refractivity contribution in [2.24, 2.45) is 5.92 Å². The fourth-order valence-electron chi connectivity index (χ4n) is 5.40. The molecule has 1 aromatic carbocycles. The number of carbonyl (C=O) groups is 3. The fourth-order valence-corrected chi connectivity index (χ4v) is 5.40. The molecule has 1 aromatic rings. The fraction of sp³-hybridized carbons (Fsp3) is 0.654. The zero-order valence-electron chi connectivity index (χ0n) is 20.7. The Morgan fingerprint density at radius 1 is 1.06 bits per heavy atom. The van der Waals surface area contributed by atoms with Crippen LogP contribution in [-0.4, -0.2) is 97.6 Å². The quantitative estimate of drug-likeness (QED) is 0.703. The molecule has 190 valence electrons. The molecule has 35 heavy (non-hydrogen) atoms. The van der Waals surface area contributed by atoms with Crippen molar-refractivity contribution in [3.63, 3.8) is 0 Å². The van der Waals surface area contributed by atoms with Crippen LogP contribution in [0.25, 0.3) is 0 Å². The van der Waals surface area contributed by atoms with Crippen molar-refractivity contribution < 1.29 is 23.9 Å². The van der Waals surface area contributed by atoms with Crippen LogP contribution in [0.3, 0.4) is 0 Å². The average molecular weight is 485 g/mol. The minimum absolute atomic E-state index is 0.0154. The zero-order chi connectivity index (χ0) is 24.5. The van der Waals surface area contributed by atoms with Crippen LogP contribution < -0.4 is 10.1 Å². The minimum atomic E-state index is -0.297. The minimum Gasteiger partial charge on any atom is -0.490 e. The van der Waals surface area contributed by atoms with Gasteiger partial charge in [0, 0.05) is 44.8 Å². The molecule has 2 saturated heterocycles. The van der Waals surface area contributed by atoms with E-state index in [1.54, 1.807) is 30.1 Å². The Balaban J connectivity index is 1.23. The Labute approximate surface area is 206 Å². The molecular weight excluding hydrogens is 448 g/mol. The lowest BCUT2D eigenvalue weighted by molar-refractivity contribution is -0.144. The molecule has 0 radical (unpaired) electrons. The molecule has 1 aliphatic carbocycles. The number of fused-ring (bicyclic) bond motifs is 2. The summed E-state index contributed by atoms with van der Waals surface area (Å²) >= 11 is 0. The number of benzene rings is 1. The first kappa shape index (κ1) is 24.1. The molecule has 0 spiro atoms. The van der Waals surface area contributed by atoms with Crippen LogP contribution in [0.1, 0.15) is 48.9 Å². The number of anilines is 1. The van der Waals surface area contributed by atoms with E-state index in [0.29, 0.717) is 30.0 Å². The van der Waals surface area contributed by atoms with Gasteiger partial charge in [0.2, 0.25) is 11.8 Å². The summed E-state index contributed by atoms with van der Waals surface area (Å²) in [5, 5.41) is 2.95. The topological polar surface area (TPSA) is 91.4 Å². The summed E-state index contributed by atoms with van der Waals surface area (Å²) in [5.41, 5.74) is 1.07. The molecule has 4 aliphatic rings. The number of rotatable bonds is 4. The number of nitrogens with one attached hydrogen (secondary N) is 1. The maximum absolute atomic E-state index is 13.4. The van der Waals surface area contributed by atoms with Crippen LogP contribution in [0, 0.1) is 5.92 Å². The van der Waals surface area contributed by atoms with Crippen LogP contribution in [-0.2, 0) is 14.3 Å². The number of likely N-dealkylation sites (N-methyl/N-ethyl adjacent to an activating group) is 2. The first-order valence-corrected chi connectivity index (χ1v) is 12.9. The monoisotopic (exact) mass is 484 g/mol. The van der Waals surface area contributed by atoms with Gasteiger partial charge in [-0.1, -0.05) is 6.42 Å². The van der Waals surface area contributed by atoms with Gasteiger partial charge in [0.25, 0.3) is 5.91 Å². The molecule has 1 saturated carbocycles. The lowest BCUT2D eigenvalue weighted by Crippen LogP contribution is -2.54. The first-order valence-electron chi connectivity index (χ1n) is 12.9. The molecule has 3 amide bonds. The molecule has 0 bridgehead atoms. The molecule has 1 N–H and O–H groups in total. The maximum Gasteiger partial charge on any atom is 0.257 e. The highest BCUT2D eigenvalue weighted by Gasteiger charge is 2.39. The molecule has 5 rings (SSSR count). The lowest BCUT2D eigenvalue weighted by Gasteiger charge is -2.42. The van der Waals surface area contributed by atoms with Crippen molar-refractivity contribution in [1.29, 1.82) is 0 Å². The van der Waals surface area contributed by atoms with Crippen LogP contribution in [0.5, 0.6) is 5.75 Å². The van der Waals surface area contributed by atoms with Gasteiger partial charge in [-0.3, -0.25) is 14.4 Å². The predicted molar refractivity (Wildman–Crippen MR) is 130 cm³/mol. The second-order valence-corrected chi connectivity index (χ2v) is 10.4. The van der Waals surface area contributed by atoms with Gasteiger partial charge in [0.1, 0.15) is 18.5 Å². The van der Waals surface area contributed by atoms with E-state index in [-0.39, 0.29) is 41.9 Å². The molecular formula is C26H36N4O5. The molecule has 0 unspecified atom stereocenters. The van der Waals surface area contributed by atoms with E-state index in [9.17, 15) is 14.4 Å². The van der Waals surface area contributed by atoms with Gasteiger partial charge in [-0.15, -0.1) is 0 Å². The normalized spacial score (nSPS) is 27.6. The van der Waals surface area contributed by atoms with Gasteiger partial charge in [-0.05, 0) is 50.9 Å². The smallest absolute Gasteiger partial charge is 0.257 e. The van der Waals surface area contributed by atoms with Crippen molar-refractivity contribution in [1.82, 2.24) is 14.7 Å². The summed E-state index contributed by atoms with van der Waals surface area (Å²) in [4.78, 5) is 44.5. The average Bonchev–Trinajstić information content (AvgIpc) is 2.81. The molecule has 0 aromatic heterocycles. The summed E-state index contributed by atoms with van der Waals surface area (Å²) in [6, 6.07) is 5.11. The highest BCUT2D eigenvalue weighted by molar-refractivity contribution is 6.00. The van der Waals surface area contributed by atoms with Gasteiger partial charge in [-0.25, -0.2) is 0 Å². The lowest BCUT2D eigenvalue weighted by atomic mass is 9.85. The summed E-state index contributed by atoms with van der Waals surface area (Å²) in [7, 11) is 3.87. The summed E-state index contributed by atoms with van der Waals surface area (Å²) in [6.07, 6.45) is 4.32.